The topological polar surface area (TPSA) is 90.0 Å². The number of thiocarbonyl (C=S) groups is 1. The predicted octanol–water partition coefficient (Wildman–Crippen LogP) is 0.674. The first-order chi connectivity index (χ1) is 9.89. The van der Waals surface area contributed by atoms with Crippen molar-refractivity contribution in [2.75, 3.05) is 0 Å². The summed E-state index contributed by atoms with van der Waals surface area (Å²) in [5.41, 5.74) is 7.56. The van der Waals surface area contributed by atoms with Crippen LogP contribution in [-0.2, 0) is 29.4 Å². The third kappa shape index (κ3) is 4.10. The van der Waals surface area contributed by atoms with Crippen LogP contribution < -0.4 is 10.5 Å². The smallest absolute Gasteiger partial charge is 0.216 e. The molecule has 1 aromatic heterocycles. The lowest BCUT2D eigenvalue weighted by Gasteiger charge is -2.10. The number of nitrogens with zero attached hydrogens (tertiary/aromatic N) is 2. The van der Waals surface area contributed by atoms with Crippen LogP contribution in [0.2, 0.25) is 0 Å². The molecular formula is C13H16N4O2S2. The molecule has 1 heterocycles. The molecule has 1 aromatic carbocycles. The van der Waals surface area contributed by atoms with Gasteiger partial charge in [0, 0.05) is 18.8 Å². The van der Waals surface area contributed by atoms with Crippen molar-refractivity contribution in [3.05, 3.63) is 53.3 Å². The highest BCUT2D eigenvalue weighted by atomic mass is 32.2. The Balaban J connectivity index is 2.11. The van der Waals surface area contributed by atoms with Crippen LogP contribution in [-0.4, -0.2) is 23.2 Å². The zero-order valence-corrected chi connectivity index (χ0v) is 13.1. The molecule has 3 N–H and O–H groups in total. The van der Waals surface area contributed by atoms with Gasteiger partial charge in [-0.05, 0) is 11.6 Å². The summed E-state index contributed by atoms with van der Waals surface area (Å²) in [6.45, 7) is 0.189. The maximum atomic E-state index is 12.2. The van der Waals surface area contributed by atoms with Crippen molar-refractivity contribution >= 4 is 27.2 Å². The maximum absolute atomic E-state index is 12.2. The zero-order valence-electron chi connectivity index (χ0n) is 11.5. The molecule has 112 valence electrons. The van der Waals surface area contributed by atoms with Crippen LogP contribution in [0.5, 0.6) is 0 Å². The van der Waals surface area contributed by atoms with Crippen molar-refractivity contribution in [2.45, 2.75) is 12.3 Å². The van der Waals surface area contributed by atoms with E-state index in [0.717, 1.165) is 5.69 Å². The quantitative estimate of drug-likeness (QED) is 0.763. The van der Waals surface area contributed by atoms with Gasteiger partial charge in [0.2, 0.25) is 10.0 Å². The van der Waals surface area contributed by atoms with Crippen molar-refractivity contribution in [1.82, 2.24) is 14.5 Å². The number of sulfonamides is 1. The largest absolute Gasteiger partial charge is 0.389 e. The molecule has 2 rings (SSSR count). The minimum Gasteiger partial charge on any atom is -0.389 e. The number of hydrogen-bond acceptors (Lipinski definition) is 4. The molecular weight excluding hydrogens is 308 g/mol. The summed E-state index contributed by atoms with van der Waals surface area (Å²) in [7, 11) is -1.73. The number of hydrogen-bond donors (Lipinski definition) is 2. The molecule has 0 radical (unpaired) electrons. The molecule has 0 fully saturated rings. The van der Waals surface area contributed by atoms with Gasteiger partial charge in [-0.15, -0.1) is 0 Å². The number of aromatic nitrogens is 2. The zero-order chi connectivity index (χ0) is 15.5. The standard InChI is InChI=1S/C13H16N4O2S2/c1-17-11(6-7-15-17)8-16-21(18,19)9-10-4-2-3-5-12(10)13(14)20/h2-7,16H,8-9H2,1H3,(H2,14,20). The Bertz CT molecular complexity index is 753. The van der Waals surface area contributed by atoms with Crippen molar-refractivity contribution in [3.63, 3.8) is 0 Å². The lowest BCUT2D eigenvalue weighted by atomic mass is 10.1. The van der Waals surface area contributed by atoms with E-state index < -0.39 is 10.0 Å². The van der Waals surface area contributed by atoms with Gasteiger partial charge in [0.15, 0.2) is 0 Å². The van der Waals surface area contributed by atoms with Crippen molar-refractivity contribution in [2.24, 2.45) is 12.8 Å². The highest BCUT2D eigenvalue weighted by Gasteiger charge is 2.15. The van der Waals surface area contributed by atoms with Gasteiger partial charge in [-0.3, -0.25) is 4.68 Å². The summed E-state index contributed by atoms with van der Waals surface area (Å²) in [5.74, 6) is -0.168. The molecule has 0 saturated carbocycles. The molecule has 21 heavy (non-hydrogen) atoms. The SMILES string of the molecule is Cn1nccc1CNS(=O)(=O)Cc1ccccc1C(N)=S. The Hall–Kier alpha value is -1.77. The minimum absolute atomic E-state index is 0.168. The third-order valence-corrected chi connectivity index (χ3v) is 4.52. The molecule has 0 saturated heterocycles. The molecule has 0 spiro atoms. The summed E-state index contributed by atoms with van der Waals surface area (Å²) < 4.78 is 28.5. The molecule has 0 unspecified atom stereocenters. The van der Waals surface area contributed by atoms with Crippen LogP contribution in [0.1, 0.15) is 16.8 Å². The van der Waals surface area contributed by atoms with Crippen molar-refractivity contribution in [3.8, 4) is 0 Å². The molecule has 8 heteroatoms. The highest BCUT2D eigenvalue weighted by Crippen LogP contribution is 2.12. The number of nitrogens with one attached hydrogen (secondary N) is 1. The van der Waals surface area contributed by atoms with Crippen molar-refractivity contribution < 1.29 is 8.42 Å². The average Bonchev–Trinajstić information content (AvgIpc) is 2.82. The van der Waals surface area contributed by atoms with E-state index >= 15 is 0 Å². The minimum atomic E-state index is -3.49. The van der Waals surface area contributed by atoms with E-state index in [9.17, 15) is 8.42 Å². The second-order valence-corrected chi connectivity index (χ2v) is 6.79. The summed E-state index contributed by atoms with van der Waals surface area (Å²) in [6.07, 6.45) is 1.62. The van der Waals surface area contributed by atoms with E-state index in [1.807, 2.05) is 0 Å². The Kier molecular flexibility index (Phi) is 4.71. The lowest BCUT2D eigenvalue weighted by molar-refractivity contribution is 0.576. The van der Waals surface area contributed by atoms with Crippen LogP contribution in [0.3, 0.4) is 0 Å². The second-order valence-electron chi connectivity index (χ2n) is 4.55. The van der Waals surface area contributed by atoms with E-state index in [-0.39, 0.29) is 17.3 Å². The predicted molar refractivity (Wildman–Crippen MR) is 85.0 cm³/mol. The van der Waals surface area contributed by atoms with E-state index in [4.69, 9.17) is 18.0 Å². The van der Waals surface area contributed by atoms with Crippen LogP contribution in [0, 0.1) is 0 Å². The lowest BCUT2D eigenvalue weighted by Crippen LogP contribution is -2.26. The van der Waals surface area contributed by atoms with Gasteiger partial charge < -0.3 is 5.73 Å². The highest BCUT2D eigenvalue weighted by molar-refractivity contribution is 7.88. The number of benzene rings is 1. The molecule has 0 aliphatic heterocycles. The number of aryl methyl sites for hydroxylation is 1. The summed E-state index contributed by atoms with van der Waals surface area (Å²) in [5, 5.41) is 3.99. The van der Waals surface area contributed by atoms with Gasteiger partial charge in [-0.1, -0.05) is 36.5 Å². The first-order valence-electron chi connectivity index (χ1n) is 6.21. The third-order valence-electron chi connectivity index (χ3n) is 3.02. The number of nitrogens with two attached hydrogens (primary N) is 1. The molecule has 0 amide bonds. The molecule has 0 aliphatic rings. The molecule has 2 aromatic rings. The molecule has 0 aliphatic carbocycles. The van der Waals surface area contributed by atoms with Gasteiger partial charge in [-0.2, -0.15) is 5.10 Å². The van der Waals surface area contributed by atoms with E-state index in [0.29, 0.717) is 11.1 Å². The monoisotopic (exact) mass is 324 g/mol. The molecule has 0 bridgehead atoms. The fourth-order valence-corrected chi connectivity index (χ4v) is 3.23. The second kappa shape index (κ2) is 6.33. The maximum Gasteiger partial charge on any atom is 0.216 e. The van der Waals surface area contributed by atoms with Crippen LogP contribution in [0.25, 0.3) is 0 Å². The molecule has 0 atom stereocenters. The first-order valence-corrected chi connectivity index (χ1v) is 8.27. The Morgan fingerprint density at radius 3 is 2.71 bits per heavy atom. The Morgan fingerprint density at radius 1 is 1.38 bits per heavy atom. The van der Waals surface area contributed by atoms with Gasteiger partial charge in [0.1, 0.15) is 4.99 Å². The van der Waals surface area contributed by atoms with Crippen LogP contribution >= 0.6 is 12.2 Å². The van der Waals surface area contributed by atoms with Gasteiger partial charge in [0.05, 0.1) is 18.0 Å². The van der Waals surface area contributed by atoms with E-state index in [1.54, 1.807) is 48.3 Å². The van der Waals surface area contributed by atoms with E-state index in [2.05, 4.69) is 9.82 Å². The van der Waals surface area contributed by atoms with Crippen LogP contribution in [0.4, 0.5) is 0 Å². The Labute approximate surface area is 129 Å². The van der Waals surface area contributed by atoms with Gasteiger partial charge >= 0.3 is 0 Å². The first kappa shape index (κ1) is 15.6. The van der Waals surface area contributed by atoms with E-state index in [1.165, 1.54) is 0 Å². The normalized spacial score (nSPS) is 11.5. The summed E-state index contributed by atoms with van der Waals surface area (Å²) >= 11 is 4.94. The van der Waals surface area contributed by atoms with Crippen molar-refractivity contribution in [1.29, 1.82) is 0 Å². The molecule has 6 nitrogen and oxygen atoms in total. The van der Waals surface area contributed by atoms with Crippen LogP contribution in [0.15, 0.2) is 36.5 Å². The van der Waals surface area contributed by atoms with Gasteiger partial charge in [-0.25, -0.2) is 13.1 Å². The fourth-order valence-electron chi connectivity index (χ4n) is 1.90. The average molecular weight is 324 g/mol. The Morgan fingerprint density at radius 2 is 2.10 bits per heavy atom. The fraction of sp³-hybridized carbons (Fsp3) is 0.231. The van der Waals surface area contributed by atoms with Gasteiger partial charge in [0.25, 0.3) is 0 Å². The summed E-state index contributed by atoms with van der Waals surface area (Å²) in [6, 6.07) is 8.71. The summed E-state index contributed by atoms with van der Waals surface area (Å²) in [4.78, 5) is 0.187. The number of rotatable bonds is 6.